The van der Waals surface area contributed by atoms with Crippen LogP contribution in [0.4, 0.5) is 0 Å². The molecule has 0 N–H and O–H groups in total. The molecule has 0 aromatic heterocycles. The average molecular weight is 253 g/mol. The molecule has 0 amide bonds. The molecule has 5 nitrogen and oxygen atoms in total. The van der Waals surface area contributed by atoms with Crippen LogP contribution in [0, 0.1) is 11.3 Å². The third-order valence-corrected chi connectivity index (χ3v) is 3.53. The second-order valence-corrected chi connectivity index (χ2v) is 5.79. The molecule has 1 aliphatic heterocycles. The molecule has 2 atom stereocenters. The first kappa shape index (κ1) is 13.1. The lowest BCUT2D eigenvalue weighted by atomic mass is 9.76. The van der Waals surface area contributed by atoms with E-state index in [2.05, 4.69) is 5.16 Å². The van der Waals surface area contributed by atoms with E-state index in [4.69, 9.17) is 9.57 Å². The van der Waals surface area contributed by atoms with Gasteiger partial charge in [0.2, 0.25) is 0 Å². The van der Waals surface area contributed by atoms with Crippen LogP contribution in [-0.4, -0.2) is 29.7 Å². The van der Waals surface area contributed by atoms with Crippen molar-refractivity contribution in [1.29, 1.82) is 0 Å². The summed E-state index contributed by atoms with van der Waals surface area (Å²) < 4.78 is 5.00. The van der Waals surface area contributed by atoms with Gasteiger partial charge in [-0.3, -0.25) is 4.79 Å². The van der Waals surface area contributed by atoms with Crippen LogP contribution in [0.3, 0.4) is 0 Å². The minimum Gasteiger partial charge on any atom is -0.463 e. The Kier molecular flexibility index (Phi) is 2.95. The van der Waals surface area contributed by atoms with Crippen LogP contribution in [0.2, 0.25) is 0 Å². The van der Waals surface area contributed by atoms with Crippen molar-refractivity contribution >= 4 is 17.5 Å². The van der Waals surface area contributed by atoms with Crippen molar-refractivity contribution in [3.8, 4) is 0 Å². The van der Waals surface area contributed by atoms with Gasteiger partial charge in [-0.15, -0.1) is 0 Å². The van der Waals surface area contributed by atoms with Crippen LogP contribution in [0.15, 0.2) is 5.16 Å². The smallest absolute Gasteiger partial charge is 0.362 e. The highest BCUT2D eigenvalue weighted by atomic mass is 16.7. The summed E-state index contributed by atoms with van der Waals surface area (Å²) in [6, 6.07) is 0. The Morgan fingerprint density at radius 3 is 2.78 bits per heavy atom. The minimum absolute atomic E-state index is 0.214. The van der Waals surface area contributed by atoms with E-state index in [1.54, 1.807) is 6.92 Å². The van der Waals surface area contributed by atoms with Gasteiger partial charge in [0, 0.05) is 11.8 Å². The molecule has 0 saturated heterocycles. The van der Waals surface area contributed by atoms with Gasteiger partial charge in [0.15, 0.2) is 5.78 Å². The van der Waals surface area contributed by atoms with E-state index in [1.165, 1.54) is 0 Å². The molecule has 1 heterocycles. The summed E-state index contributed by atoms with van der Waals surface area (Å²) in [5.74, 6) is -1.08. The Labute approximate surface area is 107 Å². The third kappa shape index (κ3) is 1.64. The maximum atomic E-state index is 12.1. The predicted octanol–water partition coefficient (Wildman–Crippen LogP) is 1.70. The number of carbonyl (C=O) groups excluding carboxylic acids is 2. The molecule has 1 fully saturated rings. The molecule has 1 aliphatic carbocycles. The number of carbonyl (C=O) groups is 2. The second kappa shape index (κ2) is 4.07. The fourth-order valence-electron chi connectivity index (χ4n) is 2.68. The maximum absolute atomic E-state index is 12.1. The van der Waals surface area contributed by atoms with Gasteiger partial charge in [0.1, 0.15) is 0 Å². The number of ketones is 1. The first-order valence-corrected chi connectivity index (χ1v) is 6.31. The van der Waals surface area contributed by atoms with Gasteiger partial charge in [0.25, 0.3) is 5.60 Å². The van der Waals surface area contributed by atoms with Crippen molar-refractivity contribution in [2.24, 2.45) is 16.5 Å². The van der Waals surface area contributed by atoms with Crippen LogP contribution in [0.1, 0.15) is 40.5 Å². The number of hydrogen-bond donors (Lipinski definition) is 0. The van der Waals surface area contributed by atoms with Gasteiger partial charge in [-0.1, -0.05) is 25.9 Å². The number of fused-ring (bicyclic) bond motifs is 1. The zero-order chi connectivity index (χ0) is 13.6. The second-order valence-electron chi connectivity index (χ2n) is 5.79. The highest BCUT2D eigenvalue weighted by Crippen LogP contribution is 2.46. The zero-order valence-electron chi connectivity index (χ0n) is 11.3. The van der Waals surface area contributed by atoms with Gasteiger partial charge < -0.3 is 9.57 Å². The number of oxime groups is 1. The van der Waals surface area contributed by atoms with E-state index in [1.807, 2.05) is 20.8 Å². The molecular formula is C13H19NO4. The molecule has 2 unspecified atom stereocenters. The zero-order valence-corrected chi connectivity index (χ0v) is 11.3. The summed E-state index contributed by atoms with van der Waals surface area (Å²) in [6.07, 6.45) is 0.951. The quantitative estimate of drug-likeness (QED) is 0.555. The van der Waals surface area contributed by atoms with Crippen molar-refractivity contribution in [2.75, 3.05) is 6.61 Å². The molecule has 0 bridgehead atoms. The third-order valence-electron chi connectivity index (χ3n) is 3.53. The van der Waals surface area contributed by atoms with E-state index < -0.39 is 11.6 Å². The summed E-state index contributed by atoms with van der Waals surface area (Å²) in [5, 5.41) is 4.01. The standard InChI is InChI=1S/C13H19NO4/c1-5-17-11(16)13-8(6-7-9(13)15)10(14-18-13)12(2,3)4/h8H,5-7H2,1-4H3. The van der Waals surface area contributed by atoms with Crippen molar-refractivity contribution in [3.05, 3.63) is 0 Å². The van der Waals surface area contributed by atoms with Crippen molar-refractivity contribution in [1.82, 2.24) is 0 Å². The fourth-order valence-corrected chi connectivity index (χ4v) is 2.68. The summed E-state index contributed by atoms with van der Waals surface area (Å²) in [6.45, 7) is 7.94. The molecule has 0 radical (unpaired) electrons. The van der Waals surface area contributed by atoms with Gasteiger partial charge in [-0.05, 0) is 13.3 Å². The average Bonchev–Trinajstić information content (AvgIpc) is 2.77. The van der Waals surface area contributed by atoms with Crippen LogP contribution in [0.5, 0.6) is 0 Å². The topological polar surface area (TPSA) is 65.0 Å². The number of hydrogen-bond acceptors (Lipinski definition) is 5. The number of rotatable bonds is 2. The van der Waals surface area contributed by atoms with E-state index >= 15 is 0 Å². The highest BCUT2D eigenvalue weighted by Gasteiger charge is 2.65. The van der Waals surface area contributed by atoms with Gasteiger partial charge in [-0.25, -0.2) is 4.79 Å². The molecule has 18 heavy (non-hydrogen) atoms. The summed E-state index contributed by atoms with van der Waals surface area (Å²) >= 11 is 0. The number of Topliss-reactive ketones (excluding diaryl/α,β-unsaturated/α-hetero) is 1. The molecule has 1 saturated carbocycles. The Morgan fingerprint density at radius 1 is 1.56 bits per heavy atom. The Hall–Kier alpha value is -1.39. The van der Waals surface area contributed by atoms with E-state index in [0.29, 0.717) is 12.8 Å². The highest BCUT2D eigenvalue weighted by molar-refractivity contribution is 6.16. The maximum Gasteiger partial charge on any atom is 0.362 e. The molecular weight excluding hydrogens is 234 g/mol. The van der Waals surface area contributed by atoms with Crippen LogP contribution in [-0.2, 0) is 19.2 Å². The van der Waals surface area contributed by atoms with E-state index in [9.17, 15) is 9.59 Å². The molecule has 0 aromatic rings. The molecule has 2 rings (SSSR count). The molecule has 100 valence electrons. The van der Waals surface area contributed by atoms with E-state index in [-0.39, 0.29) is 23.7 Å². The molecule has 0 spiro atoms. The molecule has 2 aliphatic rings. The summed E-state index contributed by atoms with van der Waals surface area (Å²) in [4.78, 5) is 29.5. The van der Waals surface area contributed by atoms with Gasteiger partial charge >= 0.3 is 5.97 Å². The predicted molar refractivity (Wildman–Crippen MR) is 65.1 cm³/mol. The first-order valence-electron chi connectivity index (χ1n) is 6.31. The van der Waals surface area contributed by atoms with E-state index in [0.717, 1.165) is 5.71 Å². The Balaban J connectivity index is 2.36. The fraction of sp³-hybridized carbons (Fsp3) is 0.769. The lowest BCUT2D eigenvalue weighted by molar-refractivity contribution is -0.174. The normalized spacial score (nSPS) is 30.8. The van der Waals surface area contributed by atoms with Crippen LogP contribution in [0.25, 0.3) is 0 Å². The number of nitrogens with zero attached hydrogens (tertiary/aromatic N) is 1. The monoisotopic (exact) mass is 253 g/mol. The minimum atomic E-state index is -1.50. The SMILES string of the molecule is CCOC(=O)C12ON=C(C(C)(C)C)C1CCC2=O. The largest absolute Gasteiger partial charge is 0.463 e. The Bertz CT molecular complexity index is 421. The van der Waals surface area contributed by atoms with Crippen molar-refractivity contribution in [2.45, 2.75) is 46.1 Å². The van der Waals surface area contributed by atoms with Gasteiger partial charge in [-0.2, -0.15) is 0 Å². The number of esters is 1. The lowest BCUT2D eigenvalue weighted by Gasteiger charge is -2.26. The van der Waals surface area contributed by atoms with Crippen LogP contribution < -0.4 is 0 Å². The summed E-state index contributed by atoms with van der Waals surface area (Å²) in [7, 11) is 0. The van der Waals surface area contributed by atoms with Crippen molar-refractivity contribution < 1.29 is 19.2 Å². The van der Waals surface area contributed by atoms with Crippen molar-refractivity contribution in [3.63, 3.8) is 0 Å². The first-order chi connectivity index (χ1) is 8.34. The van der Waals surface area contributed by atoms with Crippen LogP contribution >= 0.6 is 0 Å². The molecule has 5 heteroatoms. The Morgan fingerprint density at radius 2 is 2.22 bits per heavy atom. The molecule has 0 aromatic carbocycles. The summed E-state index contributed by atoms with van der Waals surface area (Å²) in [5.41, 5.74) is -0.941. The van der Waals surface area contributed by atoms with Gasteiger partial charge in [0.05, 0.1) is 18.2 Å². The lowest BCUT2D eigenvalue weighted by Crippen LogP contribution is -2.50. The number of ether oxygens (including phenoxy) is 1.